The van der Waals surface area contributed by atoms with Gasteiger partial charge in [-0.3, -0.25) is 0 Å². The Hall–Kier alpha value is -0.980. The van der Waals surface area contributed by atoms with Crippen LogP contribution in [-0.2, 0) is 0 Å². The van der Waals surface area contributed by atoms with Crippen LogP contribution in [0.4, 0.5) is 0 Å². The molecule has 1 heterocycles. The van der Waals surface area contributed by atoms with E-state index in [-0.39, 0.29) is 5.41 Å². The van der Waals surface area contributed by atoms with E-state index < -0.39 is 0 Å². The largest absolute Gasteiger partial charge is 0.371 e. The van der Waals surface area contributed by atoms with Crippen LogP contribution in [-0.4, -0.2) is 18.0 Å². The number of hydrogen-bond donors (Lipinski definition) is 0. The van der Waals surface area contributed by atoms with Crippen LogP contribution >= 0.6 is 0 Å². The van der Waals surface area contributed by atoms with Gasteiger partial charge in [-0.15, -0.1) is 0 Å². The fourth-order valence-corrected chi connectivity index (χ4v) is 3.13. The minimum Gasteiger partial charge on any atom is -0.371 e. The van der Waals surface area contributed by atoms with Crippen molar-refractivity contribution in [1.29, 1.82) is 0 Å². The van der Waals surface area contributed by atoms with Crippen LogP contribution in [0, 0.1) is 23.2 Å². The first-order valence-corrected chi connectivity index (χ1v) is 7.63. The molecule has 0 fully saturated rings. The van der Waals surface area contributed by atoms with Gasteiger partial charge in [-0.25, -0.2) is 0 Å². The molecule has 1 nitrogen and oxygen atoms in total. The average Bonchev–Trinajstić information content (AvgIpc) is 2.54. The second-order valence-electron chi connectivity index (χ2n) is 7.03. The average molecular weight is 259 g/mol. The Bertz CT molecular complexity index is 405. The van der Waals surface area contributed by atoms with Crippen molar-refractivity contribution in [3.05, 3.63) is 35.6 Å². The molecule has 0 bridgehead atoms. The summed E-state index contributed by atoms with van der Waals surface area (Å²) < 4.78 is 0. The topological polar surface area (TPSA) is 3.24 Å². The van der Waals surface area contributed by atoms with Gasteiger partial charge in [-0.1, -0.05) is 52.8 Å². The number of rotatable bonds is 1. The first-order chi connectivity index (χ1) is 8.78. The lowest BCUT2D eigenvalue weighted by molar-refractivity contribution is 0.190. The molecule has 0 amide bonds. The van der Waals surface area contributed by atoms with Gasteiger partial charge in [0.05, 0.1) is 0 Å². The van der Waals surface area contributed by atoms with Gasteiger partial charge in [0, 0.05) is 24.2 Å². The van der Waals surface area contributed by atoms with Gasteiger partial charge in [-0.05, 0) is 36.3 Å². The van der Waals surface area contributed by atoms with Crippen molar-refractivity contribution < 1.29 is 0 Å². The summed E-state index contributed by atoms with van der Waals surface area (Å²) in [6.45, 7) is 14.0. The van der Waals surface area contributed by atoms with Gasteiger partial charge in [0.1, 0.15) is 0 Å². The molecule has 0 aromatic rings. The molecule has 0 aromatic heterocycles. The summed E-state index contributed by atoms with van der Waals surface area (Å²) in [7, 11) is 2.23. The van der Waals surface area contributed by atoms with Crippen LogP contribution in [0.3, 0.4) is 0 Å². The zero-order valence-electron chi connectivity index (χ0n) is 13.6. The third kappa shape index (κ3) is 2.28. The molecule has 0 aromatic carbocycles. The molecule has 0 spiro atoms. The van der Waals surface area contributed by atoms with Crippen molar-refractivity contribution >= 4 is 0 Å². The number of hydrogen-bond acceptors (Lipinski definition) is 1. The smallest absolute Gasteiger partial charge is 0.0398 e. The molecular formula is C18H29N. The van der Waals surface area contributed by atoms with Crippen molar-refractivity contribution in [2.24, 2.45) is 23.2 Å². The lowest BCUT2D eigenvalue weighted by Gasteiger charge is -2.42. The zero-order chi connectivity index (χ0) is 14.4. The molecule has 106 valence electrons. The van der Waals surface area contributed by atoms with Crippen LogP contribution < -0.4 is 0 Å². The third-order valence-corrected chi connectivity index (χ3v) is 5.79. The predicted molar refractivity (Wildman–Crippen MR) is 83.8 cm³/mol. The minimum atomic E-state index is 0.171. The van der Waals surface area contributed by atoms with Crippen molar-refractivity contribution in [3.63, 3.8) is 0 Å². The molecule has 1 aliphatic heterocycles. The van der Waals surface area contributed by atoms with Crippen molar-refractivity contribution in [1.82, 2.24) is 4.90 Å². The molecule has 1 aliphatic carbocycles. The highest BCUT2D eigenvalue weighted by atomic mass is 15.1. The van der Waals surface area contributed by atoms with E-state index in [0.717, 1.165) is 0 Å². The first kappa shape index (κ1) is 14.4. The van der Waals surface area contributed by atoms with E-state index >= 15 is 0 Å². The van der Waals surface area contributed by atoms with Crippen LogP contribution in [0.2, 0.25) is 0 Å². The zero-order valence-corrected chi connectivity index (χ0v) is 13.6. The Morgan fingerprint density at radius 1 is 1.11 bits per heavy atom. The second-order valence-corrected chi connectivity index (χ2v) is 7.03. The van der Waals surface area contributed by atoms with Gasteiger partial charge in [0.15, 0.2) is 0 Å². The number of likely N-dealkylation sites (N-methyl/N-ethyl adjacent to an activating group) is 1. The molecular weight excluding hydrogens is 230 g/mol. The van der Waals surface area contributed by atoms with Crippen molar-refractivity contribution in [2.75, 3.05) is 7.05 Å². The predicted octanol–water partition coefficient (Wildman–Crippen LogP) is 4.63. The summed E-state index contributed by atoms with van der Waals surface area (Å²) in [6, 6.07) is 0.607. The fourth-order valence-electron chi connectivity index (χ4n) is 3.13. The molecule has 1 heteroatoms. The van der Waals surface area contributed by atoms with Crippen LogP contribution in [0.1, 0.15) is 41.5 Å². The summed E-state index contributed by atoms with van der Waals surface area (Å²) in [6.07, 6.45) is 9.54. The summed E-state index contributed by atoms with van der Waals surface area (Å²) in [4.78, 5) is 2.45. The lowest BCUT2D eigenvalue weighted by atomic mass is 9.77. The van der Waals surface area contributed by atoms with E-state index in [2.05, 4.69) is 77.8 Å². The van der Waals surface area contributed by atoms with Gasteiger partial charge in [-0.2, -0.15) is 0 Å². The van der Waals surface area contributed by atoms with E-state index in [0.29, 0.717) is 23.8 Å². The lowest BCUT2D eigenvalue weighted by Crippen LogP contribution is -2.41. The van der Waals surface area contributed by atoms with Gasteiger partial charge in [0.25, 0.3) is 0 Å². The molecule has 19 heavy (non-hydrogen) atoms. The fraction of sp³-hybridized carbons (Fsp3) is 0.667. The summed E-state index contributed by atoms with van der Waals surface area (Å²) in [5.74, 6) is 1.96. The van der Waals surface area contributed by atoms with E-state index in [9.17, 15) is 0 Å². The Morgan fingerprint density at radius 3 is 2.26 bits per heavy atom. The summed E-state index contributed by atoms with van der Waals surface area (Å²) >= 11 is 0. The minimum absolute atomic E-state index is 0.171. The van der Waals surface area contributed by atoms with E-state index in [1.54, 1.807) is 0 Å². The molecule has 0 radical (unpaired) electrons. The standard InChI is InChI=1S/C18H29N/c1-12(2)18(6)10-8-16-14(4)13(3)15(5)19(7)17(16)9-11-18/h8-15H,1-7H3. The summed E-state index contributed by atoms with van der Waals surface area (Å²) in [5, 5.41) is 0. The highest BCUT2D eigenvalue weighted by Crippen LogP contribution is 2.41. The maximum atomic E-state index is 2.45. The highest BCUT2D eigenvalue weighted by Gasteiger charge is 2.34. The first-order valence-electron chi connectivity index (χ1n) is 7.63. The SMILES string of the molecule is CC1C2=C(C=CC(C)(C(C)C)C=C2)N(C)C(C)C1C. The maximum absolute atomic E-state index is 2.45. The maximum Gasteiger partial charge on any atom is 0.0398 e. The normalized spacial score (nSPS) is 38.7. The molecule has 2 aliphatic rings. The van der Waals surface area contributed by atoms with Crippen molar-refractivity contribution in [2.45, 2.75) is 47.6 Å². The van der Waals surface area contributed by atoms with E-state index in [4.69, 9.17) is 0 Å². The summed E-state index contributed by atoms with van der Waals surface area (Å²) in [5.41, 5.74) is 3.09. The van der Waals surface area contributed by atoms with Crippen molar-refractivity contribution in [3.8, 4) is 0 Å². The quantitative estimate of drug-likeness (QED) is 0.663. The Morgan fingerprint density at radius 2 is 1.68 bits per heavy atom. The van der Waals surface area contributed by atoms with Gasteiger partial charge < -0.3 is 4.90 Å². The van der Waals surface area contributed by atoms with Crippen LogP contribution in [0.25, 0.3) is 0 Å². The molecule has 4 unspecified atom stereocenters. The molecule has 0 saturated heterocycles. The van der Waals surface area contributed by atoms with E-state index in [1.807, 2.05) is 0 Å². The molecule has 2 rings (SSSR count). The highest BCUT2D eigenvalue weighted by molar-refractivity contribution is 5.41. The molecule has 0 N–H and O–H groups in total. The van der Waals surface area contributed by atoms with Crippen LogP contribution in [0.15, 0.2) is 35.6 Å². The Balaban J connectivity index is 2.46. The molecule has 0 saturated carbocycles. The molecule has 4 atom stereocenters. The second kappa shape index (κ2) is 4.85. The number of nitrogens with zero attached hydrogens (tertiary/aromatic N) is 1. The van der Waals surface area contributed by atoms with Gasteiger partial charge in [0.2, 0.25) is 0 Å². The van der Waals surface area contributed by atoms with Crippen LogP contribution in [0.5, 0.6) is 0 Å². The monoisotopic (exact) mass is 259 g/mol. The van der Waals surface area contributed by atoms with E-state index in [1.165, 1.54) is 11.3 Å². The Kier molecular flexibility index (Phi) is 3.68. The third-order valence-electron chi connectivity index (χ3n) is 5.79. The van der Waals surface area contributed by atoms with Gasteiger partial charge >= 0.3 is 0 Å². The Labute approximate surface area is 119 Å². The number of allylic oxidation sites excluding steroid dienone is 5.